The molecule has 30 heavy (non-hydrogen) atoms. The summed E-state index contributed by atoms with van der Waals surface area (Å²) in [6, 6.07) is 0. The Bertz CT molecular complexity index is 716. The van der Waals surface area contributed by atoms with Crippen molar-refractivity contribution in [3.63, 3.8) is 0 Å². The topological polar surface area (TPSA) is 51.7 Å². The van der Waals surface area contributed by atoms with Gasteiger partial charge in [0.25, 0.3) is 0 Å². The molecule has 0 amide bonds. The highest BCUT2D eigenvalue weighted by Crippen LogP contribution is 2.65. The molecule has 3 fully saturated rings. The monoisotopic (exact) mass is 414 g/mol. The lowest BCUT2D eigenvalue weighted by Gasteiger charge is -2.55. The lowest BCUT2D eigenvalue weighted by Crippen LogP contribution is -2.46. The van der Waals surface area contributed by atoms with Crippen molar-refractivity contribution in [1.82, 2.24) is 0 Å². The van der Waals surface area contributed by atoms with Crippen molar-refractivity contribution in [3.05, 3.63) is 35.5 Å². The Morgan fingerprint density at radius 3 is 2.37 bits per heavy atom. The van der Waals surface area contributed by atoms with Gasteiger partial charge in [-0.25, -0.2) is 0 Å². The summed E-state index contributed by atoms with van der Waals surface area (Å²) in [5, 5.41) is 10.2. The Hall–Kier alpha value is -0.860. The fourth-order valence-electron chi connectivity index (χ4n) is 7.59. The second-order valence-electron chi connectivity index (χ2n) is 11.9. The van der Waals surface area contributed by atoms with Crippen molar-refractivity contribution < 1.29 is 10.6 Å². The number of aliphatic hydroxyl groups excluding tert-OH is 1. The van der Waals surface area contributed by atoms with E-state index in [4.69, 9.17) is 0 Å². The number of aliphatic hydroxyl groups is 1. The summed E-state index contributed by atoms with van der Waals surface area (Å²) in [6.45, 7) is 14.6. The maximum Gasteiger partial charge on any atom is 0.0578 e. The number of hydrogen-bond acceptors (Lipinski definition) is 1. The lowest BCUT2D eigenvalue weighted by atomic mass is 9.50. The third kappa shape index (κ3) is 3.77. The molecule has 4 aliphatic rings. The minimum atomic E-state index is -0.116. The van der Waals surface area contributed by atoms with Crippen LogP contribution >= 0.6 is 0 Å². The molecule has 3 saturated carbocycles. The van der Waals surface area contributed by atoms with Crippen LogP contribution in [0.3, 0.4) is 0 Å². The third-order valence-electron chi connectivity index (χ3n) is 10.0. The molecule has 0 heterocycles. The van der Waals surface area contributed by atoms with E-state index in [0.29, 0.717) is 22.7 Å². The number of hydrogen-bond donors (Lipinski definition) is 1. The average molecular weight is 415 g/mol. The van der Waals surface area contributed by atoms with Gasteiger partial charge in [0.05, 0.1) is 6.10 Å². The molecule has 0 aromatic carbocycles. The molecule has 0 aromatic heterocycles. The van der Waals surface area contributed by atoms with Crippen molar-refractivity contribution in [2.75, 3.05) is 0 Å². The number of fused-ring (bicyclic) bond motifs is 5. The third-order valence-corrected chi connectivity index (χ3v) is 10.0. The van der Waals surface area contributed by atoms with Gasteiger partial charge in [-0.15, -0.1) is 0 Å². The zero-order chi connectivity index (χ0) is 21.0. The van der Waals surface area contributed by atoms with Gasteiger partial charge in [0, 0.05) is 0 Å². The van der Waals surface area contributed by atoms with Gasteiger partial charge in [0.2, 0.25) is 0 Å². The molecule has 170 valence electrons. The molecule has 0 saturated heterocycles. The van der Waals surface area contributed by atoms with Gasteiger partial charge in [-0.1, -0.05) is 77.0 Å². The SMILES string of the molecule is CC(C)C(C)C=CC(C)C1CCC2C3=CC=C4CC(O)CC[C@]4(C)C3CC[C@@]21C.O. The first-order valence-corrected chi connectivity index (χ1v) is 12.4. The zero-order valence-corrected chi connectivity index (χ0v) is 20.2. The van der Waals surface area contributed by atoms with Gasteiger partial charge in [0.15, 0.2) is 0 Å². The summed E-state index contributed by atoms with van der Waals surface area (Å²) in [4.78, 5) is 0. The Kier molecular flexibility index (Phi) is 6.81. The molecule has 0 spiro atoms. The summed E-state index contributed by atoms with van der Waals surface area (Å²) < 4.78 is 0. The van der Waals surface area contributed by atoms with E-state index in [9.17, 15) is 5.11 Å². The molecule has 0 radical (unpaired) electrons. The molecule has 2 heteroatoms. The number of rotatable bonds is 4. The first-order chi connectivity index (χ1) is 13.7. The molecule has 3 N–H and O–H groups in total. The summed E-state index contributed by atoms with van der Waals surface area (Å²) >= 11 is 0. The molecule has 2 nitrogen and oxygen atoms in total. The first kappa shape index (κ1) is 23.8. The van der Waals surface area contributed by atoms with Crippen LogP contribution in [0.5, 0.6) is 0 Å². The summed E-state index contributed by atoms with van der Waals surface area (Å²) in [5.74, 6) is 4.38. The van der Waals surface area contributed by atoms with Crippen LogP contribution in [0, 0.1) is 46.3 Å². The molecule has 4 rings (SSSR count). The molecule has 0 aromatic rings. The zero-order valence-electron chi connectivity index (χ0n) is 20.2. The minimum Gasteiger partial charge on any atom is -0.412 e. The highest BCUT2D eigenvalue weighted by Gasteiger charge is 2.56. The molecule has 0 bridgehead atoms. The van der Waals surface area contributed by atoms with Gasteiger partial charge in [-0.2, -0.15) is 0 Å². The van der Waals surface area contributed by atoms with Crippen LogP contribution in [0.1, 0.15) is 86.5 Å². The van der Waals surface area contributed by atoms with E-state index in [1.807, 2.05) is 0 Å². The van der Waals surface area contributed by atoms with Gasteiger partial charge in [-0.3, -0.25) is 0 Å². The Labute approximate surface area is 185 Å². The van der Waals surface area contributed by atoms with E-state index in [1.54, 1.807) is 5.57 Å². The second kappa shape index (κ2) is 8.58. The molecular weight excluding hydrogens is 368 g/mol. The molecule has 0 aliphatic heterocycles. The molecular formula is C28H46O2. The fourth-order valence-corrected chi connectivity index (χ4v) is 7.59. The normalized spacial score (nSPS) is 42.5. The van der Waals surface area contributed by atoms with Crippen LogP contribution in [0.2, 0.25) is 0 Å². The Morgan fingerprint density at radius 2 is 1.67 bits per heavy atom. The summed E-state index contributed by atoms with van der Waals surface area (Å²) in [6.07, 6.45) is 18.4. The van der Waals surface area contributed by atoms with Crippen LogP contribution in [0.25, 0.3) is 0 Å². The van der Waals surface area contributed by atoms with E-state index in [1.165, 1.54) is 37.7 Å². The van der Waals surface area contributed by atoms with Crippen molar-refractivity contribution in [3.8, 4) is 0 Å². The van der Waals surface area contributed by atoms with Gasteiger partial charge >= 0.3 is 0 Å². The summed E-state index contributed by atoms with van der Waals surface area (Å²) in [7, 11) is 0. The standard InChI is InChI=1S/C28H44O.H2O/c1-18(2)19(3)7-8-20(4)24-11-12-25-23-10-9-21-17-22(29)13-15-27(21,5)26(23)14-16-28(24,25)6;/h7-10,18-20,22,24-26,29H,11-17H2,1-6H3;1H2/t19?,20?,22?,24?,25?,26?,27-,28+;/m0./s1. The Balaban J connectivity index is 0.00000256. The van der Waals surface area contributed by atoms with Crippen molar-refractivity contribution >= 4 is 0 Å². The van der Waals surface area contributed by atoms with Crippen LogP contribution < -0.4 is 0 Å². The van der Waals surface area contributed by atoms with E-state index in [2.05, 4.69) is 65.8 Å². The highest BCUT2D eigenvalue weighted by molar-refractivity contribution is 5.39. The molecule has 4 aliphatic carbocycles. The maximum absolute atomic E-state index is 10.2. The second-order valence-corrected chi connectivity index (χ2v) is 11.9. The lowest BCUT2D eigenvalue weighted by molar-refractivity contribution is 0.0382. The van der Waals surface area contributed by atoms with Crippen LogP contribution in [0.15, 0.2) is 35.5 Å². The van der Waals surface area contributed by atoms with Crippen LogP contribution in [-0.2, 0) is 0 Å². The minimum absolute atomic E-state index is 0. The van der Waals surface area contributed by atoms with E-state index in [0.717, 1.165) is 36.5 Å². The van der Waals surface area contributed by atoms with E-state index in [-0.39, 0.29) is 11.6 Å². The highest BCUT2D eigenvalue weighted by atomic mass is 16.3. The van der Waals surface area contributed by atoms with Gasteiger partial charge in [-0.05, 0) is 91.3 Å². The molecule has 6 unspecified atom stereocenters. The number of allylic oxidation sites excluding steroid dienone is 5. The van der Waals surface area contributed by atoms with E-state index >= 15 is 0 Å². The van der Waals surface area contributed by atoms with Gasteiger partial charge < -0.3 is 10.6 Å². The summed E-state index contributed by atoms with van der Waals surface area (Å²) in [5.41, 5.74) is 4.07. The Morgan fingerprint density at radius 1 is 0.933 bits per heavy atom. The van der Waals surface area contributed by atoms with Gasteiger partial charge in [0.1, 0.15) is 0 Å². The molecule has 8 atom stereocenters. The van der Waals surface area contributed by atoms with Crippen molar-refractivity contribution in [1.29, 1.82) is 0 Å². The average Bonchev–Trinajstić information content (AvgIpc) is 3.03. The smallest absolute Gasteiger partial charge is 0.0578 e. The fraction of sp³-hybridized carbons (Fsp3) is 0.786. The quantitative estimate of drug-likeness (QED) is 0.524. The van der Waals surface area contributed by atoms with Crippen LogP contribution in [0.4, 0.5) is 0 Å². The maximum atomic E-state index is 10.2. The largest absolute Gasteiger partial charge is 0.412 e. The van der Waals surface area contributed by atoms with E-state index < -0.39 is 0 Å². The van der Waals surface area contributed by atoms with Crippen molar-refractivity contribution in [2.45, 2.75) is 92.6 Å². The predicted molar refractivity (Wildman–Crippen MR) is 127 cm³/mol. The van der Waals surface area contributed by atoms with Crippen LogP contribution in [-0.4, -0.2) is 16.7 Å². The predicted octanol–water partition coefficient (Wildman–Crippen LogP) is 6.51. The first-order valence-electron chi connectivity index (χ1n) is 12.4. The van der Waals surface area contributed by atoms with Crippen molar-refractivity contribution in [2.24, 2.45) is 46.3 Å².